The first-order chi connectivity index (χ1) is 36.0. The minimum atomic E-state index is -0.802. The third-order valence-electron chi connectivity index (χ3n) is 12.2. The Bertz CT molecular complexity index is 3330. The highest BCUT2D eigenvalue weighted by atomic mass is 19.1. The van der Waals surface area contributed by atoms with Gasteiger partial charge in [-0.3, -0.25) is 19.6 Å². The van der Waals surface area contributed by atoms with E-state index in [0.29, 0.717) is 11.4 Å². The van der Waals surface area contributed by atoms with Crippen LogP contribution in [0.2, 0.25) is 0 Å². The molecule has 368 valence electrons. The van der Waals surface area contributed by atoms with Crippen molar-refractivity contribution in [3.05, 3.63) is 252 Å². The summed E-state index contributed by atoms with van der Waals surface area (Å²) in [5.74, 6) is -2.91. The second-order valence-electron chi connectivity index (χ2n) is 17.2. The second-order valence-corrected chi connectivity index (χ2v) is 17.2. The number of anilines is 6. The Balaban J connectivity index is 0.000000182. The van der Waals surface area contributed by atoms with Gasteiger partial charge in [-0.05, 0) is 82.9 Å². The number of carbonyl (C=O) groups is 2. The van der Waals surface area contributed by atoms with E-state index in [4.69, 9.17) is 22.9 Å². The highest BCUT2D eigenvalue weighted by molar-refractivity contribution is 6.00. The van der Waals surface area contributed by atoms with Gasteiger partial charge < -0.3 is 44.2 Å². The molecule has 4 heterocycles. The van der Waals surface area contributed by atoms with Crippen LogP contribution in [-0.4, -0.2) is 31.8 Å². The largest absolute Gasteiger partial charge is 0.365 e. The van der Waals surface area contributed by atoms with Gasteiger partial charge in [0, 0.05) is 34.5 Å². The second kappa shape index (κ2) is 22.6. The summed E-state index contributed by atoms with van der Waals surface area (Å²) < 4.78 is 30.5. The van der Waals surface area contributed by atoms with Gasteiger partial charge in [-0.15, -0.1) is 0 Å². The van der Waals surface area contributed by atoms with Crippen molar-refractivity contribution in [1.29, 1.82) is 0 Å². The van der Waals surface area contributed by atoms with Gasteiger partial charge in [0.2, 0.25) is 0 Å². The molecule has 10 aromatic rings. The van der Waals surface area contributed by atoms with Crippen LogP contribution in [0.25, 0.3) is 21.8 Å². The molecule has 74 heavy (non-hydrogen) atoms. The number of primary amides is 2. The fourth-order valence-corrected chi connectivity index (χ4v) is 8.44. The first-order valence-corrected chi connectivity index (χ1v) is 23.5. The fraction of sp³-hybridized carbons (Fsp3) is 0.0690. The molecule has 0 bridgehead atoms. The van der Waals surface area contributed by atoms with Gasteiger partial charge in [0.15, 0.2) is 23.3 Å². The van der Waals surface area contributed by atoms with E-state index in [2.05, 4.69) is 41.2 Å². The summed E-state index contributed by atoms with van der Waals surface area (Å²) in [6, 6.07) is 56.8. The normalized spacial score (nSPS) is 12.6. The monoisotopic (exact) mass is 984 g/mol. The van der Waals surface area contributed by atoms with Crippen LogP contribution in [0, 0.1) is 11.6 Å². The molecule has 0 unspecified atom stereocenters. The predicted octanol–water partition coefficient (Wildman–Crippen LogP) is 10.9. The van der Waals surface area contributed by atoms with Crippen molar-refractivity contribution in [3.8, 4) is 0 Å². The number of benzene rings is 6. The molecule has 14 nitrogen and oxygen atoms in total. The van der Waals surface area contributed by atoms with E-state index in [-0.39, 0.29) is 34.4 Å². The lowest BCUT2D eigenvalue weighted by Gasteiger charge is -2.27. The molecule has 0 aliphatic heterocycles. The Morgan fingerprint density at radius 2 is 0.770 bits per heavy atom. The first kappa shape index (κ1) is 49.3. The molecule has 4 atom stereocenters. The number of rotatable bonds is 16. The van der Waals surface area contributed by atoms with E-state index in [0.717, 1.165) is 56.2 Å². The van der Waals surface area contributed by atoms with Gasteiger partial charge in [0.25, 0.3) is 11.8 Å². The van der Waals surface area contributed by atoms with Crippen LogP contribution in [0.15, 0.2) is 207 Å². The van der Waals surface area contributed by atoms with Crippen LogP contribution in [0.1, 0.15) is 67.1 Å². The number of pyridine rings is 4. The third kappa shape index (κ3) is 11.6. The molecular formula is C58H50F2N12O2. The molecule has 0 fully saturated rings. The molecule has 0 saturated heterocycles. The zero-order valence-corrected chi connectivity index (χ0v) is 39.6. The average molecular weight is 985 g/mol. The number of hydrogen-bond donors (Lipinski definition) is 8. The van der Waals surface area contributed by atoms with Gasteiger partial charge >= 0.3 is 0 Å². The SMILES string of the molecule is NC(=O)c1cc(F)c(N[C@@H](c2ccccc2)[C@H](N)c2ccccc2)nc1Nc1ccc2ncccc2c1.NC(=O)c1cc(F)c(N[C@H](c2ccccc2)[C@@H](N)c2ccccc2)nc1Nc1ccc2ncccc2c1. The quantitative estimate of drug-likeness (QED) is 0.0451. The average Bonchev–Trinajstić information content (AvgIpc) is 3.43. The standard InChI is InChI=1S/2C29H25FN6O/c2*30-23-17-22(27(32)37)28(34-21-13-14-24-20(16-21)12-7-15-33-24)36-29(23)35-26(19-10-5-2-6-11-19)25(31)18-8-3-1-4-9-18/h2*1-17,25-26H,31H2,(H2,32,37)(H2,34,35,36)/t2*25-,26+/m10/s1. The number of aromatic nitrogens is 4. The number of carbonyl (C=O) groups excluding carboxylic acids is 2. The highest BCUT2D eigenvalue weighted by Crippen LogP contribution is 2.35. The van der Waals surface area contributed by atoms with Gasteiger partial charge in [-0.1, -0.05) is 133 Å². The smallest absolute Gasteiger partial charge is 0.252 e. The molecule has 12 N–H and O–H groups in total. The molecule has 0 spiro atoms. The molecule has 2 amide bonds. The first-order valence-electron chi connectivity index (χ1n) is 23.5. The lowest BCUT2D eigenvalue weighted by Crippen LogP contribution is -2.27. The lowest BCUT2D eigenvalue weighted by atomic mass is 9.94. The maximum atomic E-state index is 15.3. The zero-order chi connectivity index (χ0) is 51.6. The van der Waals surface area contributed by atoms with Gasteiger partial charge in [0.05, 0.1) is 46.3 Å². The van der Waals surface area contributed by atoms with Crippen LogP contribution in [0.3, 0.4) is 0 Å². The fourth-order valence-electron chi connectivity index (χ4n) is 8.44. The molecule has 0 aliphatic carbocycles. The van der Waals surface area contributed by atoms with E-state index in [9.17, 15) is 9.59 Å². The zero-order valence-electron chi connectivity index (χ0n) is 39.6. The van der Waals surface area contributed by atoms with Gasteiger partial charge in [-0.2, -0.15) is 0 Å². The van der Waals surface area contributed by atoms with Crippen molar-refractivity contribution >= 4 is 68.3 Å². The summed E-state index contributed by atoms with van der Waals surface area (Å²) in [6.45, 7) is 0. The molecule has 0 saturated carbocycles. The van der Waals surface area contributed by atoms with Crippen molar-refractivity contribution in [1.82, 2.24) is 19.9 Å². The Morgan fingerprint density at radius 3 is 1.12 bits per heavy atom. The summed E-state index contributed by atoms with van der Waals surface area (Å²) in [5.41, 5.74) is 30.7. The van der Waals surface area contributed by atoms with Crippen molar-refractivity contribution in [2.45, 2.75) is 24.2 Å². The number of amides is 2. The Morgan fingerprint density at radius 1 is 0.419 bits per heavy atom. The third-order valence-corrected chi connectivity index (χ3v) is 12.2. The molecule has 4 aromatic heterocycles. The number of nitrogens with zero attached hydrogens (tertiary/aromatic N) is 4. The minimum absolute atomic E-state index is 0.0600. The molecule has 16 heteroatoms. The topological polar surface area (TPSA) is 238 Å². The maximum absolute atomic E-state index is 15.3. The molecule has 6 aromatic carbocycles. The van der Waals surface area contributed by atoms with Crippen LogP contribution in [0.5, 0.6) is 0 Å². The van der Waals surface area contributed by atoms with Crippen molar-refractivity contribution < 1.29 is 18.4 Å². The van der Waals surface area contributed by atoms with Crippen molar-refractivity contribution in [3.63, 3.8) is 0 Å². The Kier molecular flexibility index (Phi) is 15.1. The number of hydrogen-bond acceptors (Lipinski definition) is 12. The Hall–Kier alpha value is -9.64. The van der Waals surface area contributed by atoms with Crippen LogP contribution < -0.4 is 44.2 Å². The minimum Gasteiger partial charge on any atom is -0.365 e. The summed E-state index contributed by atoms with van der Waals surface area (Å²) in [5, 5.41) is 14.4. The van der Waals surface area contributed by atoms with E-state index in [1.165, 1.54) is 0 Å². The predicted molar refractivity (Wildman–Crippen MR) is 288 cm³/mol. The van der Waals surface area contributed by atoms with Crippen LogP contribution >= 0.6 is 0 Å². The molecule has 10 rings (SSSR count). The van der Waals surface area contributed by atoms with Gasteiger partial charge in [-0.25, -0.2) is 18.7 Å². The van der Waals surface area contributed by atoms with Crippen LogP contribution in [0.4, 0.5) is 43.4 Å². The van der Waals surface area contributed by atoms with Crippen molar-refractivity contribution in [2.75, 3.05) is 21.3 Å². The highest BCUT2D eigenvalue weighted by Gasteiger charge is 2.27. The summed E-state index contributed by atoms with van der Waals surface area (Å²) >= 11 is 0. The summed E-state index contributed by atoms with van der Waals surface area (Å²) in [6.07, 6.45) is 3.42. The maximum Gasteiger partial charge on any atom is 0.252 e. The molecule has 0 aliphatic rings. The lowest BCUT2D eigenvalue weighted by molar-refractivity contribution is 0.0992. The number of nitrogens with two attached hydrogens (primary N) is 4. The number of halogens is 2. The van der Waals surface area contributed by atoms with Crippen molar-refractivity contribution in [2.24, 2.45) is 22.9 Å². The van der Waals surface area contributed by atoms with E-state index >= 15 is 8.78 Å². The molecular weight excluding hydrogens is 935 g/mol. The molecule has 0 radical (unpaired) electrons. The summed E-state index contributed by atoms with van der Waals surface area (Å²) in [7, 11) is 0. The van der Waals surface area contributed by atoms with Gasteiger partial charge in [0.1, 0.15) is 11.6 Å². The van der Waals surface area contributed by atoms with E-state index < -0.39 is 47.6 Å². The van der Waals surface area contributed by atoms with Crippen LogP contribution in [-0.2, 0) is 0 Å². The number of fused-ring (bicyclic) bond motifs is 2. The summed E-state index contributed by atoms with van der Waals surface area (Å²) in [4.78, 5) is 41.8. The Labute approximate surface area is 424 Å². The van der Waals surface area contributed by atoms with E-state index in [1.54, 1.807) is 24.5 Å². The van der Waals surface area contributed by atoms with E-state index in [1.807, 2.05) is 170 Å². The number of nitrogens with one attached hydrogen (secondary N) is 4.